The van der Waals surface area contributed by atoms with E-state index >= 15 is 0 Å². The van der Waals surface area contributed by atoms with Crippen LogP contribution in [0, 0.1) is 6.92 Å². The van der Waals surface area contributed by atoms with E-state index in [0.29, 0.717) is 16.5 Å². The van der Waals surface area contributed by atoms with Crippen molar-refractivity contribution in [2.45, 2.75) is 13.8 Å². The number of carbonyl (C=O) groups excluding carboxylic acids is 2. The number of ether oxygens (including phenoxy) is 1. The highest BCUT2D eigenvalue weighted by Gasteiger charge is 2.15. The molecule has 0 atom stereocenters. The zero-order valence-corrected chi connectivity index (χ0v) is 13.3. The van der Waals surface area contributed by atoms with Gasteiger partial charge in [-0.1, -0.05) is 30.3 Å². The topological polar surface area (TPSA) is 55.4 Å². The van der Waals surface area contributed by atoms with Crippen molar-refractivity contribution in [1.29, 1.82) is 0 Å². The van der Waals surface area contributed by atoms with Gasteiger partial charge in [-0.25, -0.2) is 4.79 Å². The van der Waals surface area contributed by atoms with E-state index in [1.54, 1.807) is 19.1 Å². The average molecular weight is 315 g/mol. The minimum absolute atomic E-state index is 0.236. The number of aryl methyl sites for hydroxylation is 1. The average Bonchev–Trinajstić information content (AvgIpc) is 2.87. The Hall–Kier alpha value is -2.40. The van der Waals surface area contributed by atoms with Crippen LogP contribution in [0.5, 0.6) is 0 Å². The van der Waals surface area contributed by atoms with E-state index in [0.717, 1.165) is 11.1 Å². The summed E-state index contributed by atoms with van der Waals surface area (Å²) < 4.78 is 4.98. The summed E-state index contributed by atoms with van der Waals surface area (Å²) in [5.41, 5.74) is 1.75. The van der Waals surface area contributed by atoms with Gasteiger partial charge >= 0.3 is 5.97 Å². The molecule has 0 unspecified atom stereocenters. The first kappa shape index (κ1) is 16.0. The van der Waals surface area contributed by atoms with Gasteiger partial charge in [0.25, 0.3) is 0 Å². The molecule has 2 rings (SSSR count). The monoisotopic (exact) mass is 315 g/mol. The number of benzene rings is 1. The van der Waals surface area contributed by atoms with Crippen LogP contribution in [0.1, 0.15) is 27.7 Å². The maximum atomic E-state index is 11.9. The molecule has 5 heteroatoms. The first-order valence-electron chi connectivity index (χ1n) is 6.92. The van der Waals surface area contributed by atoms with E-state index in [-0.39, 0.29) is 11.9 Å². The van der Waals surface area contributed by atoms with Gasteiger partial charge in [0.2, 0.25) is 5.91 Å². The molecule has 4 nitrogen and oxygen atoms in total. The lowest BCUT2D eigenvalue weighted by molar-refractivity contribution is -0.111. The molecule has 1 aromatic heterocycles. The first-order valence-corrected chi connectivity index (χ1v) is 7.73. The third-order valence-corrected chi connectivity index (χ3v) is 3.98. The van der Waals surface area contributed by atoms with Crippen LogP contribution in [0.2, 0.25) is 0 Å². The number of carbonyl (C=O) groups is 2. The molecule has 2 aromatic rings. The highest BCUT2D eigenvalue weighted by molar-refractivity contribution is 7.18. The molecule has 0 aliphatic carbocycles. The Morgan fingerprint density at radius 3 is 2.68 bits per heavy atom. The maximum absolute atomic E-state index is 11.9. The van der Waals surface area contributed by atoms with E-state index in [9.17, 15) is 9.59 Å². The van der Waals surface area contributed by atoms with Crippen LogP contribution in [0.15, 0.2) is 42.5 Å². The number of hydrogen-bond acceptors (Lipinski definition) is 4. The summed E-state index contributed by atoms with van der Waals surface area (Å²) in [5.74, 6) is -0.592. The number of hydrogen-bond donors (Lipinski definition) is 1. The van der Waals surface area contributed by atoms with Gasteiger partial charge in [-0.05, 0) is 37.1 Å². The lowest BCUT2D eigenvalue weighted by atomic mass is 10.2. The summed E-state index contributed by atoms with van der Waals surface area (Å²) in [5, 5.41) is 3.38. The number of nitrogens with one attached hydrogen (secondary N) is 1. The molecule has 0 aliphatic rings. The SMILES string of the molecule is CCOC(=O)c1sc(NC(=O)C=Cc2ccccc2)cc1C. The molecule has 1 N–H and O–H groups in total. The normalized spacial score (nSPS) is 10.6. The van der Waals surface area contributed by atoms with Gasteiger partial charge in [0.1, 0.15) is 4.88 Å². The summed E-state index contributed by atoms with van der Waals surface area (Å²) in [7, 11) is 0. The van der Waals surface area contributed by atoms with Crippen molar-refractivity contribution >= 4 is 34.3 Å². The summed E-state index contributed by atoms with van der Waals surface area (Å²) >= 11 is 1.22. The molecule has 1 amide bonds. The zero-order valence-electron chi connectivity index (χ0n) is 12.5. The van der Waals surface area contributed by atoms with E-state index in [2.05, 4.69) is 5.32 Å². The van der Waals surface area contributed by atoms with Crippen LogP contribution in [-0.2, 0) is 9.53 Å². The third-order valence-electron chi connectivity index (χ3n) is 2.85. The van der Waals surface area contributed by atoms with Gasteiger partial charge in [-0.2, -0.15) is 0 Å². The first-order chi connectivity index (χ1) is 10.6. The Balaban J connectivity index is 2.02. The van der Waals surface area contributed by atoms with E-state index in [1.807, 2.05) is 37.3 Å². The maximum Gasteiger partial charge on any atom is 0.348 e. The summed E-state index contributed by atoms with van der Waals surface area (Å²) in [4.78, 5) is 24.1. The molecule has 0 radical (unpaired) electrons. The van der Waals surface area contributed by atoms with Crippen LogP contribution in [0.3, 0.4) is 0 Å². The number of thiophene rings is 1. The number of anilines is 1. The fourth-order valence-electron chi connectivity index (χ4n) is 1.84. The minimum Gasteiger partial charge on any atom is -0.462 e. The molecular weight excluding hydrogens is 298 g/mol. The van der Waals surface area contributed by atoms with Crippen molar-refractivity contribution in [2.24, 2.45) is 0 Å². The van der Waals surface area contributed by atoms with Crippen molar-refractivity contribution in [3.63, 3.8) is 0 Å². The molecule has 0 bridgehead atoms. The molecule has 0 spiro atoms. The quantitative estimate of drug-likeness (QED) is 0.673. The Morgan fingerprint density at radius 2 is 2.00 bits per heavy atom. The summed E-state index contributed by atoms with van der Waals surface area (Å²) in [6.45, 7) is 3.91. The predicted octanol–water partition coefficient (Wildman–Crippen LogP) is 3.89. The Kier molecular flexibility index (Phi) is 5.49. The standard InChI is InChI=1S/C17H17NO3S/c1-3-21-17(20)16-12(2)11-15(22-16)18-14(19)10-9-13-7-5-4-6-8-13/h4-11H,3H2,1-2H3,(H,18,19). The van der Waals surface area contributed by atoms with Gasteiger partial charge in [-0.3, -0.25) is 4.79 Å². The van der Waals surface area contributed by atoms with Gasteiger partial charge in [0.15, 0.2) is 0 Å². The largest absolute Gasteiger partial charge is 0.462 e. The van der Waals surface area contributed by atoms with E-state index < -0.39 is 0 Å². The molecule has 1 aromatic carbocycles. The summed E-state index contributed by atoms with van der Waals surface area (Å²) in [6.07, 6.45) is 3.20. The van der Waals surface area contributed by atoms with Gasteiger partial charge in [-0.15, -0.1) is 11.3 Å². The summed E-state index contributed by atoms with van der Waals surface area (Å²) in [6, 6.07) is 11.3. The Bertz CT molecular complexity index is 689. The van der Waals surface area contributed by atoms with E-state index in [1.165, 1.54) is 17.4 Å². The second-order valence-corrected chi connectivity index (χ2v) is 5.63. The van der Waals surface area contributed by atoms with Crippen LogP contribution < -0.4 is 5.32 Å². The molecule has 0 aliphatic heterocycles. The lowest BCUT2D eigenvalue weighted by Crippen LogP contribution is -2.06. The van der Waals surface area contributed by atoms with Crippen LogP contribution in [0.4, 0.5) is 5.00 Å². The molecule has 22 heavy (non-hydrogen) atoms. The van der Waals surface area contributed by atoms with Crippen molar-refractivity contribution in [1.82, 2.24) is 0 Å². The number of amides is 1. The van der Waals surface area contributed by atoms with Crippen molar-refractivity contribution in [3.8, 4) is 0 Å². The smallest absolute Gasteiger partial charge is 0.348 e. The van der Waals surface area contributed by atoms with Gasteiger partial charge in [0.05, 0.1) is 11.6 Å². The van der Waals surface area contributed by atoms with Crippen LogP contribution in [-0.4, -0.2) is 18.5 Å². The van der Waals surface area contributed by atoms with Crippen molar-refractivity contribution < 1.29 is 14.3 Å². The Labute approximate surface area is 133 Å². The highest BCUT2D eigenvalue weighted by Crippen LogP contribution is 2.27. The minimum atomic E-state index is -0.356. The lowest BCUT2D eigenvalue weighted by Gasteiger charge is -1.99. The van der Waals surface area contributed by atoms with Crippen LogP contribution in [0.25, 0.3) is 6.08 Å². The van der Waals surface area contributed by atoms with Crippen molar-refractivity contribution in [3.05, 3.63) is 58.5 Å². The molecule has 114 valence electrons. The molecule has 0 saturated carbocycles. The fourth-order valence-corrected chi connectivity index (χ4v) is 2.81. The van der Waals surface area contributed by atoms with Gasteiger partial charge in [0, 0.05) is 6.08 Å². The van der Waals surface area contributed by atoms with Crippen molar-refractivity contribution in [2.75, 3.05) is 11.9 Å². The van der Waals surface area contributed by atoms with E-state index in [4.69, 9.17) is 4.74 Å². The molecule has 0 fully saturated rings. The second-order valence-electron chi connectivity index (χ2n) is 4.58. The zero-order chi connectivity index (χ0) is 15.9. The van der Waals surface area contributed by atoms with Crippen LogP contribution >= 0.6 is 11.3 Å². The molecule has 0 saturated heterocycles. The molecule has 1 heterocycles. The van der Waals surface area contributed by atoms with Gasteiger partial charge < -0.3 is 10.1 Å². The number of rotatable bonds is 5. The fraction of sp³-hybridized carbons (Fsp3) is 0.176. The second kappa shape index (κ2) is 7.56. The Morgan fingerprint density at radius 1 is 1.27 bits per heavy atom. The number of esters is 1. The highest BCUT2D eigenvalue weighted by atomic mass is 32.1. The molecular formula is C17H17NO3S. The third kappa shape index (κ3) is 4.30. The predicted molar refractivity (Wildman–Crippen MR) is 89.1 cm³/mol.